The van der Waals surface area contributed by atoms with Gasteiger partial charge in [0.2, 0.25) is 0 Å². The zero-order chi connectivity index (χ0) is 24.9. The minimum absolute atomic E-state index is 0.136. The van der Waals surface area contributed by atoms with Gasteiger partial charge in [0.25, 0.3) is 11.8 Å². The third-order valence-electron chi connectivity index (χ3n) is 5.70. The third kappa shape index (κ3) is 5.46. The molecule has 1 aliphatic heterocycles. The molecule has 3 aromatic carbocycles. The van der Waals surface area contributed by atoms with Crippen LogP contribution in [0, 0.1) is 6.92 Å². The minimum Gasteiger partial charge on any atom is -0.478 e. The van der Waals surface area contributed by atoms with E-state index in [0.29, 0.717) is 11.4 Å². The van der Waals surface area contributed by atoms with E-state index in [4.69, 9.17) is 5.11 Å². The van der Waals surface area contributed by atoms with Gasteiger partial charge in [-0.15, -0.1) is 0 Å². The van der Waals surface area contributed by atoms with E-state index < -0.39 is 17.8 Å². The highest BCUT2D eigenvalue weighted by atomic mass is 32.2. The lowest BCUT2D eigenvalue weighted by Crippen LogP contribution is -2.32. The van der Waals surface area contributed by atoms with Gasteiger partial charge in [0.15, 0.2) is 0 Å². The summed E-state index contributed by atoms with van der Waals surface area (Å²) in [6.45, 7) is 4.12. The Morgan fingerprint density at radius 2 is 1.57 bits per heavy atom. The average Bonchev–Trinajstić information content (AvgIpc) is 3.08. The number of amides is 2. The van der Waals surface area contributed by atoms with Crippen LogP contribution in [-0.2, 0) is 16.0 Å². The molecule has 1 aliphatic rings. The fourth-order valence-corrected chi connectivity index (χ4v) is 4.63. The fraction of sp³-hybridized carbons (Fsp3) is 0.179. The van der Waals surface area contributed by atoms with Crippen LogP contribution in [0.1, 0.15) is 41.3 Å². The summed E-state index contributed by atoms with van der Waals surface area (Å²) in [6, 6.07) is 21.3. The number of nitrogens with one attached hydrogen (secondary N) is 1. The Hall–Kier alpha value is -3.84. The number of carbonyl (C=O) groups is 3. The quantitative estimate of drug-likeness (QED) is 0.360. The lowest BCUT2D eigenvalue weighted by molar-refractivity contribution is -0.120. The molecular formula is C28H26N2O4S. The van der Waals surface area contributed by atoms with Crippen LogP contribution in [0.4, 0.5) is 11.4 Å². The van der Waals surface area contributed by atoms with Crippen molar-refractivity contribution in [3.8, 4) is 0 Å². The monoisotopic (exact) mass is 486 g/mol. The molecule has 7 heteroatoms. The second kappa shape index (κ2) is 10.6. The number of rotatable bonds is 9. The van der Waals surface area contributed by atoms with Gasteiger partial charge in [-0.3, -0.25) is 9.59 Å². The maximum absolute atomic E-state index is 13.5. The highest BCUT2D eigenvalue weighted by Crippen LogP contribution is 2.38. The molecule has 178 valence electrons. The van der Waals surface area contributed by atoms with Crippen LogP contribution >= 0.6 is 11.8 Å². The average molecular weight is 487 g/mol. The van der Waals surface area contributed by atoms with Crippen LogP contribution in [-0.4, -0.2) is 22.9 Å². The number of carboxylic acid groups (broad SMARTS) is 1. The number of carboxylic acids is 1. The Labute approximate surface area is 208 Å². The second-order valence-corrected chi connectivity index (χ2v) is 9.43. The normalized spacial score (nSPS) is 13.5. The van der Waals surface area contributed by atoms with E-state index in [1.165, 1.54) is 28.8 Å². The summed E-state index contributed by atoms with van der Waals surface area (Å²) in [5.41, 5.74) is 3.59. The molecular weight excluding hydrogens is 460 g/mol. The highest BCUT2D eigenvalue weighted by molar-refractivity contribution is 8.04. The van der Waals surface area contributed by atoms with Gasteiger partial charge in [0.1, 0.15) is 10.6 Å². The van der Waals surface area contributed by atoms with Gasteiger partial charge in [-0.25, -0.2) is 9.69 Å². The number of benzene rings is 3. The second-order valence-electron chi connectivity index (χ2n) is 8.34. The molecule has 2 N–H and O–H groups in total. The molecule has 0 radical (unpaired) electrons. The molecule has 6 nitrogen and oxygen atoms in total. The van der Waals surface area contributed by atoms with E-state index in [1.807, 2.05) is 43.3 Å². The Morgan fingerprint density at radius 1 is 0.914 bits per heavy atom. The summed E-state index contributed by atoms with van der Waals surface area (Å²) in [5, 5.41) is 12.2. The molecule has 0 aromatic heterocycles. The lowest BCUT2D eigenvalue weighted by atomic mass is 10.1. The summed E-state index contributed by atoms with van der Waals surface area (Å²) in [5.74, 6) is -1.88. The smallest absolute Gasteiger partial charge is 0.335 e. The van der Waals surface area contributed by atoms with Crippen molar-refractivity contribution in [2.24, 2.45) is 0 Å². The SMILES string of the molecule is CCCCc1ccc(N2C(=O)C(Nc3ccc(C(=O)O)cc3)=C(Sc3ccc(C)cc3)C2=O)cc1. The fourth-order valence-electron chi connectivity index (χ4n) is 3.71. The number of hydrogen-bond acceptors (Lipinski definition) is 5. The van der Waals surface area contributed by atoms with Crippen molar-refractivity contribution in [2.75, 3.05) is 10.2 Å². The zero-order valence-corrected chi connectivity index (χ0v) is 20.4. The van der Waals surface area contributed by atoms with Gasteiger partial charge >= 0.3 is 5.97 Å². The number of anilines is 2. The van der Waals surface area contributed by atoms with Crippen LogP contribution in [0.5, 0.6) is 0 Å². The summed E-state index contributed by atoms with van der Waals surface area (Å²) in [7, 11) is 0. The first-order chi connectivity index (χ1) is 16.9. The maximum Gasteiger partial charge on any atom is 0.335 e. The van der Waals surface area contributed by atoms with Crippen molar-refractivity contribution in [1.29, 1.82) is 0 Å². The van der Waals surface area contributed by atoms with E-state index in [0.717, 1.165) is 35.3 Å². The third-order valence-corrected chi connectivity index (χ3v) is 6.79. The summed E-state index contributed by atoms with van der Waals surface area (Å²) in [4.78, 5) is 40.5. The van der Waals surface area contributed by atoms with Crippen molar-refractivity contribution >= 4 is 40.9 Å². The number of nitrogens with zero attached hydrogens (tertiary/aromatic N) is 1. The van der Waals surface area contributed by atoms with Crippen molar-refractivity contribution in [3.63, 3.8) is 0 Å². The summed E-state index contributed by atoms with van der Waals surface area (Å²) < 4.78 is 0. The van der Waals surface area contributed by atoms with E-state index in [1.54, 1.807) is 24.3 Å². The molecule has 0 atom stereocenters. The maximum atomic E-state index is 13.5. The van der Waals surface area contributed by atoms with Crippen molar-refractivity contribution in [1.82, 2.24) is 0 Å². The Bertz CT molecular complexity index is 1280. The predicted octanol–water partition coefficient (Wildman–Crippen LogP) is 6.03. The first-order valence-corrected chi connectivity index (χ1v) is 12.3. The Balaban J connectivity index is 1.66. The number of imide groups is 1. The zero-order valence-electron chi connectivity index (χ0n) is 19.6. The predicted molar refractivity (Wildman–Crippen MR) is 139 cm³/mol. The number of unbranched alkanes of at least 4 members (excludes halogenated alkanes) is 1. The van der Waals surface area contributed by atoms with Gasteiger partial charge in [0.05, 0.1) is 11.3 Å². The molecule has 0 saturated heterocycles. The van der Waals surface area contributed by atoms with Crippen LogP contribution in [0.25, 0.3) is 0 Å². The Morgan fingerprint density at radius 3 is 2.17 bits per heavy atom. The summed E-state index contributed by atoms with van der Waals surface area (Å²) >= 11 is 1.23. The standard InChI is InChI=1S/C28H26N2O4S/c1-3-4-5-19-8-14-22(15-9-19)30-26(31)24(29-21-12-10-20(11-13-21)28(33)34)25(27(30)32)35-23-16-6-18(2)7-17-23/h6-17,29H,3-5H2,1-2H3,(H,33,34). The van der Waals surface area contributed by atoms with Crippen LogP contribution in [0.3, 0.4) is 0 Å². The van der Waals surface area contributed by atoms with E-state index >= 15 is 0 Å². The number of hydrogen-bond donors (Lipinski definition) is 2. The molecule has 3 aromatic rings. The largest absolute Gasteiger partial charge is 0.478 e. The molecule has 0 bridgehead atoms. The number of aryl methyl sites for hydroxylation is 2. The van der Waals surface area contributed by atoms with E-state index in [-0.39, 0.29) is 16.2 Å². The van der Waals surface area contributed by atoms with Gasteiger partial charge < -0.3 is 10.4 Å². The van der Waals surface area contributed by atoms with Crippen LogP contribution < -0.4 is 10.2 Å². The summed E-state index contributed by atoms with van der Waals surface area (Å²) in [6.07, 6.45) is 3.12. The molecule has 0 spiro atoms. The molecule has 0 aliphatic carbocycles. The lowest BCUT2D eigenvalue weighted by Gasteiger charge is -2.16. The molecule has 0 unspecified atom stereocenters. The number of carbonyl (C=O) groups excluding carboxylic acids is 2. The molecule has 0 fully saturated rings. The number of thioether (sulfide) groups is 1. The molecule has 4 rings (SSSR count). The minimum atomic E-state index is -1.04. The van der Waals surface area contributed by atoms with Gasteiger partial charge in [0, 0.05) is 10.6 Å². The van der Waals surface area contributed by atoms with Gasteiger partial charge in [-0.05, 0) is 73.9 Å². The first-order valence-electron chi connectivity index (χ1n) is 11.4. The van der Waals surface area contributed by atoms with Crippen molar-refractivity contribution in [2.45, 2.75) is 38.0 Å². The molecule has 35 heavy (non-hydrogen) atoms. The Kier molecular flexibility index (Phi) is 7.36. The van der Waals surface area contributed by atoms with Crippen molar-refractivity contribution in [3.05, 3.63) is 100 Å². The van der Waals surface area contributed by atoms with E-state index in [9.17, 15) is 14.4 Å². The molecule has 1 heterocycles. The van der Waals surface area contributed by atoms with Gasteiger partial charge in [-0.2, -0.15) is 0 Å². The van der Waals surface area contributed by atoms with E-state index in [2.05, 4.69) is 12.2 Å². The van der Waals surface area contributed by atoms with Crippen LogP contribution in [0.15, 0.2) is 88.3 Å². The topological polar surface area (TPSA) is 86.7 Å². The number of aromatic carboxylic acids is 1. The first kappa shape index (κ1) is 24.3. The van der Waals surface area contributed by atoms with Gasteiger partial charge in [-0.1, -0.05) is 54.9 Å². The molecule has 2 amide bonds. The molecule has 0 saturated carbocycles. The highest BCUT2D eigenvalue weighted by Gasteiger charge is 2.40. The van der Waals surface area contributed by atoms with Crippen LogP contribution in [0.2, 0.25) is 0 Å². The van der Waals surface area contributed by atoms with Crippen molar-refractivity contribution < 1.29 is 19.5 Å².